The molecule has 9 heteroatoms. The van der Waals surface area contributed by atoms with Crippen molar-refractivity contribution in [1.82, 2.24) is 10.1 Å². The third-order valence-corrected chi connectivity index (χ3v) is 5.53. The fraction of sp³-hybridized carbons (Fsp3) is 0.391. The maximum absolute atomic E-state index is 12.4. The molecular weight excluding hydrogens is 425 g/mol. The van der Waals surface area contributed by atoms with E-state index in [1.165, 1.54) is 12.1 Å². The van der Waals surface area contributed by atoms with E-state index in [-0.39, 0.29) is 23.6 Å². The molecule has 32 heavy (non-hydrogen) atoms. The molecule has 1 fully saturated rings. The Bertz CT molecular complexity index is 1090. The van der Waals surface area contributed by atoms with Crippen LogP contribution in [0.15, 0.2) is 47.0 Å². The average molecular weight is 448 g/mol. The number of ether oxygens (including phenoxy) is 2. The Morgan fingerprint density at radius 1 is 1.12 bits per heavy atom. The van der Waals surface area contributed by atoms with E-state index in [1.54, 1.807) is 24.3 Å². The molecule has 170 valence electrons. The summed E-state index contributed by atoms with van der Waals surface area (Å²) in [6, 6.07) is 10.9. The van der Waals surface area contributed by atoms with Gasteiger partial charge in [0.05, 0.1) is 11.4 Å². The zero-order valence-corrected chi connectivity index (χ0v) is 17.7. The zero-order valence-electron chi connectivity index (χ0n) is 17.7. The van der Waals surface area contributed by atoms with Crippen LogP contribution in [0.2, 0.25) is 0 Å². The smallest absolute Gasteiger partial charge is 0.473 e. The lowest BCUT2D eigenvalue weighted by Gasteiger charge is -2.30. The molecule has 6 nitrogen and oxygen atoms in total. The summed E-state index contributed by atoms with van der Waals surface area (Å²) >= 11 is 0. The van der Waals surface area contributed by atoms with Crippen molar-refractivity contribution in [3.05, 3.63) is 42.5 Å². The zero-order chi connectivity index (χ0) is 22.9. The highest BCUT2D eigenvalue weighted by atomic mass is 19.4. The lowest BCUT2D eigenvalue weighted by molar-refractivity contribution is -0.274. The Kier molecular flexibility index (Phi) is 5.99. The monoisotopic (exact) mass is 448 g/mol. The first-order chi connectivity index (χ1) is 15.2. The van der Waals surface area contributed by atoms with Gasteiger partial charge in [0.1, 0.15) is 12.4 Å². The number of halogens is 3. The SMILES string of the molecule is CC(C)[C@@H](COc1noc2ccc(-c3ccc(OC(F)(F)F)cc3)cc12)N1CCCC1=O. The molecule has 4 rings (SSSR count). The van der Waals surface area contributed by atoms with Crippen LogP contribution in [0.1, 0.15) is 26.7 Å². The Balaban J connectivity index is 1.53. The van der Waals surface area contributed by atoms with Gasteiger partial charge in [-0.1, -0.05) is 32.0 Å². The number of carbonyl (C=O) groups is 1. The van der Waals surface area contributed by atoms with E-state index in [4.69, 9.17) is 9.26 Å². The molecular formula is C23H23F3N2O4. The van der Waals surface area contributed by atoms with Gasteiger partial charge in [-0.25, -0.2) is 0 Å². The van der Waals surface area contributed by atoms with Crippen LogP contribution in [0, 0.1) is 5.92 Å². The Hall–Kier alpha value is -3.23. The normalized spacial score (nSPS) is 15.6. The van der Waals surface area contributed by atoms with Crippen LogP contribution >= 0.6 is 0 Å². The van der Waals surface area contributed by atoms with Crippen LogP contribution in [0.25, 0.3) is 22.1 Å². The summed E-state index contributed by atoms with van der Waals surface area (Å²) < 4.78 is 52.4. The van der Waals surface area contributed by atoms with Gasteiger partial charge in [-0.15, -0.1) is 13.2 Å². The largest absolute Gasteiger partial charge is 0.573 e. The van der Waals surface area contributed by atoms with Gasteiger partial charge in [0, 0.05) is 13.0 Å². The second-order valence-electron chi connectivity index (χ2n) is 8.08. The lowest BCUT2D eigenvalue weighted by Crippen LogP contribution is -2.43. The van der Waals surface area contributed by atoms with Gasteiger partial charge in [0.25, 0.3) is 5.88 Å². The number of aromatic nitrogens is 1. The van der Waals surface area contributed by atoms with Crippen molar-refractivity contribution in [2.75, 3.05) is 13.2 Å². The molecule has 0 aliphatic carbocycles. The summed E-state index contributed by atoms with van der Waals surface area (Å²) in [5.41, 5.74) is 2.00. The topological polar surface area (TPSA) is 64.8 Å². The number of amides is 1. The van der Waals surface area contributed by atoms with E-state index in [2.05, 4.69) is 9.89 Å². The van der Waals surface area contributed by atoms with Crippen LogP contribution in [0.5, 0.6) is 11.6 Å². The standard InChI is InChI=1S/C23H23F3N2O4/c1-14(2)19(28-11-3-4-21(28)29)13-30-22-18-12-16(7-10-20(18)32-27-22)15-5-8-17(9-6-15)31-23(24,25)26/h5-10,12,14,19H,3-4,11,13H2,1-2H3/t19-/m1/s1. The molecule has 2 heterocycles. The van der Waals surface area contributed by atoms with Gasteiger partial charge in [0.2, 0.25) is 5.91 Å². The Labute approximate surface area is 182 Å². The third-order valence-electron chi connectivity index (χ3n) is 5.53. The van der Waals surface area contributed by atoms with Crippen LogP contribution in [-0.2, 0) is 4.79 Å². The van der Waals surface area contributed by atoms with E-state index in [0.717, 1.165) is 18.5 Å². The van der Waals surface area contributed by atoms with E-state index < -0.39 is 6.36 Å². The van der Waals surface area contributed by atoms with Crippen molar-refractivity contribution >= 4 is 16.9 Å². The van der Waals surface area contributed by atoms with Crippen molar-refractivity contribution in [3.8, 4) is 22.8 Å². The van der Waals surface area contributed by atoms with Gasteiger partial charge in [-0.05, 0) is 52.9 Å². The minimum atomic E-state index is -4.73. The summed E-state index contributed by atoms with van der Waals surface area (Å²) in [6.45, 7) is 5.11. The quantitative estimate of drug-likeness (QED) is 0.483. The molecule has 1 aliphatic rings. The van der Waals surface area contributed by atoms with Crippen molar-refractivity contribution in [2.45, 2.75) is 39.1 Å². The molecule has 1 amide bonds. The third kappa shape index (κ3) is 4.81. The molecule has 0 radical (unpaired) electrons. The number of alkyl halides is 3. The van der Waals surface area contributed by atoms with E-state index >= 15 is 0 Å². The Morgan fingerprint density at radius 3 is 2.47 bits per heavy atom. The van der Waals surface area contributed by atoms with Crippen LogP contribution in [-0.4, -0.2) is 41.5 Å². The minimum absolute atomic E-state index is 0.0684. The molecule has 0 saturated carbocycles. The number of fused-ring (bicyclic) bond motifs is 1. The molecule has 1 saturated heterocycles. The first-order valence-corrected chi connectivity index (χ1v) is 10.4. The van der Waals surface area contributed by atoms with Gasteiger partial charge in [-0.3, -0.25) is 4.79 Å². The Morgan fingerprint density at radius 2 is 1.84 bits per heavy atom. The number of likely N-dealkylation sites (tertiary alicyclic amines) is 1. The van der Waals surface area contributed by atoms with E-state index in [1.807, 2.05) is 24.8 Å². The van der Waals surface area contributed by atoms with Crippen LogP contribution < -0.4 is 9.47 Å². The van der Waals surface area contributed by atoms with Crippen molar-refractivity contribution in [1.29, 1.82) is 0 Å². The summed E-state index contributed by atoms with van der Waals surface area (Å²) in [7, 11) is 0. The van der Waals surface area contributed by atoms with Gasteiger partial charge in [0.15, 0.2) is 5.58 Å². The number of benzene rings is 2. The summed E-state index contributed by atoms with van der Waals surface area (Å²) in [6.07, 6.45) is -3.32. The van der Waals surface area contributed by atoms with Gasteiger partial charge in [-0.2, -0.15) is 0 Å². The predicted octanol–water partition coefficient (Wildman–Crippen LogP) is 5.42. The molecule has 3 aromatic rings. The molecule has 1 atom stereocenters. The number of nitrogens with zero attached hydrogens (tertiary/aromatic N) is 2. The van der Waals surface area contributed by atoms with Gasteiger partial charge < -0.3 is 18.9 Å². The molecule has 1 aromatic heterocycles. The maximum Gasteiger partial charge on any atom is 0.573 e. The highest BCUT2D eigenvalue weighted by Gasteiger charge is 2.31. The second-order valence-corrected chi connectivity index (χ2v) is 8.08. The van der Waals surface area contributed by atoms with Crippen LogP contribution in [0.3, 0.4) is 0 Å². The maximum atomic E-state index is 12.4. The first-order valence-electron chi connectivity index (χ1n) is 10.4. The fourth-order valence-electron chi connectivity index (χ4n) is 3.88. The van der Waals surface area contributed by atoms with Crippen molar-refractivity contribution in [2.24, 2.45) is 5.92 Å². The van der Waals surface area contributed by atoms with Crippen LogP contribution in [0.4, 0.5) is 13.2 Å². The summed E-state index contributed by atoms with van der Waals surface area (Å²) in [4.78, 5) is 14.0. The molecule has 0 N–H and O–H groups in total. The van der Waals surface area contributed by atoms with Crippen molar-refractivity contribution < 1.29 is 32.0 Å². The van der Waals surface area contributed by atoms with Gasteiger partial charge >= 0.3 is 6.36 Å². The molecule has 0 spiro atoms. The first kappa shape index (κ1) is 22.0. The number of hydrogen-bond donors (Lipinski definition) is 0. The number of hydrogen-bond acceptors (Lipinski definition) is 5. The molecule has 2 aromatic carbocycles. The molecule has 0 bridgehead atoms. The fourth-order valence-corrected chi connectivity index (χ4v) is 3.88. The molecule has 0 unspecified atom stereocenters. The highest BCUT2D eigenvalue weighted by molar-refractivity contribution is 5.87. The average Bonchev–Trinajstić information content (AvgIpc) is 3.33. The summed E-state index contributed by atoms with van der Waals surface area (Å²) in [5, 5.41) is 4.66. The van der Waals surface area contributed by atoms with E-state index in [0.29, 0.717) is 35.4 Å². The second kappa shape index (κ2) is 8.72. The highest BCUT2D eigenvalue weighted by Crippen LogP contribution is 2.32. The summed E-state index contributed by atoms with van der Waals surface area (Å²) in [5.74, 6) is 0.379. The number of carbonyl (C=O) groups excluding carboxylic acids is 1. The number of rotatable bonds is 7. The van der Waals surface area contributed by atoms with E-state index in [9.17, 15) is 18.0 Å². The predicted molar refractivity (Wildman–Crippen MR) is 111 cm³/mol. The van der Waals surface area contributed by atoms with Crippen molar-refractivity contribution in [3.63, 3.8) is 0 Å². The molecule has 1 aliphatic heterocycles. The lowest BCUT2D eigenvalue weighted by atomic mass is 10.0. The minimum Gasteiger partial charge on any atom is -0.473 e.